The Hall–Kier alpha value is -3.04. The molecule has 1 aliphatic rings. The number of aromatic nitrogens is 5. The Morgan fingerprint density at radius 1 is 1.31 bits per heavy atom. The fraction of sp³-hybridized carbons (Fsp3) is 0.400. The van der Waals surface area contributed by atoms with Crippen LogP contribution in [0.25, 0.3) is 5.69 Å². The van der Waals surface area contributed by atoms with Gasteiger partial charge in [0.1, 0.15) is 12.4 Å². The van der Waals surface area contributed by atoms with Gasteiger partial charge in [-0.25, -0.2) is 0 Å². The predicted octanol–water partition coefficient (Wildman–Crippen LogP) is 2.22. The van der Waals surface area contributed by atoms with E-state index in [9.17, 15) is 4.79 Å². The number of carbonyl (C=O) groups is 1. The molecule has 152 valence electrons. The summed E-state index contributed by atoms with van der Waals surface area (Å²) >= 11 is 0. The molecule has 0 radical (unpaired) electrons. The molecule has 0 spiro atoms. The highest BCUT2D eigenvalue weighted by molar-refractivity contribution is 5.91. The number of nitrogens with one attached hydrogen (secondary N) is 1. The second-order valence-corrected chi connectivity index (χ2v) is 6.86. The van der Waals surface area contributed by atoms with Crippen molar-refractivity contribution >= 4 is 11.9 Å². The van der Waals surface area contributed by atoms with Crippen molar-refractivity contribution in [3.63, 3.8) is 0 Å². The zero-order chi connectivity index (χ0) is 20.1. The van der Waals surface area contributed by atoms with Crippen molar-refractivity contribution in [2.75, 3.05) is 25.6 Å². The first-order chi connectivity index (χ1) is 14.3. The SMILES string of the molecule is COCCCn1nccc1[C@H]1OCC[C@@H]1C(=O)Nc1nncn1-c1ccccc1. The van der Waals surface area contributed by atoms with Crippen molar-refractivity contribution < 1.29 is 14.3 Å². The van der Waals surface area contributed by atoms with Crippen molar-refractivity contribution in [2.24, 2.45) is 5.92 Å². The predicted molar refractivity (Wildman–Crippen MR) is 106 cm³/mol. The van der Waals surface area contributed by atoms with Crippen LogP contribution in [0.1, 0.15) is 24.6 Å². The van der Waals surface area contributed by atoms with Crippen LogP contribution in [0.3, 0.4) is 0 Å². The number of benzene rings is 1. The lowest BCUT2D eigenvalue weighted by Gasteiger charge is -2.19. The Morgan fingerprint density at radius 3 is 3.00 bits per heavy atom. The molecule has 9 heteroatoms. The van der Waals surface area contributed by atoms with Crippen molar-refractivity contribution in [1.82, 2.24) is 24.5 Å². The number of methoxy groups -OCH3 is 1. The van der Waals surface area contributed by atoms with E-state index in [4.69, 9.17) is 9.47 Å². The summed E-state index contributed by atoms with van der Waals surface area (Å²) in [5.74, 6) is -0.0726. The first kappa shape index (κ1) is 19.3. The van der Waals surface area contributed by atoms with Gasteiger partial charge < -0.3 is 9.47 Å². The lowest BCUT2D eigenvalue weighted by Crippen LogP contribution is -2.28. The van der Waals surface area contributed by atoms with Gasteiger partial charge in [0, 0.05) is 33.1 Å². The van der Waals surface area contributed by atoms with Crippen LogP contribution in [0.4, 0.5) is 5.95 Å². The van der Waals surface area contributed by atoms with E-state index < -0.39 is 0 Å². The summed E-state index contributed by atoms with van der Waals surface area (Å²) < 4.78 is 14.7. The number of amides is 1. The van der Waals surface area contributed by atoms with Crippen LogP contribution in [-0.2, 0) is 20.8 Å². The molecule has 3 aromatic rings. The summed E-state index contributed by atoms with van der Waals surface area (Å²) in [6.07, 6.45) is 4.46. The number of hydrogen-bond acceptors (Lipinski definition) is 6. The molecule has 1 aliphatic heterocycles. The number of anilines is 1. The fourth-order valence-corrected chi connectivity index (χ4v) is 3.58. The third kappa shape index (κ3) is 4.20. The average Bonchev–Trinajstić information content (AvgIpc) is 3.49. The van der Waals surface area contributed by atoms with Crippen molar-refractivity contribution in [3.05, 3.63) is 54.6 Å². The zero-order valence-electron chi connectivity index (χ0n) is 16.3. The van der Waals surface area contributed by atoms with Gasteiger partial charge in [-0.15, -0.1) is 10.2 Å². The summed E-state index contributed by atoms with van der Waals surface area (Å²) in [6, 6.07) is 11.6. The van der Waals surface area contributed by atoms with Crippen LogP contribution >= 0.6 is 0 Å². The normalized spacial score (nSPS) is 18.8. The number of nitrogens with zero attached hydrogens (tertiary/aromatic N) is 5. The van der Waals surface area contributed by atoms with Gasteiger partial charge in [0.15, 0.2) is 0 Å². The maximum Gasteiger partial charge on any atom is 0.235 e. The molecule has 2 atom stereocenters. The van der Waals surface area contributed by atoms with Gasteiger partial charge in [0.25, 0.3) is 0 Å². The van der Waals surface area contributed by atoms with Crippen LogP contribution in [-0.4, -0.2) is 50.8 Å². The summed E-state index contributed by atoms with van der Waals surface area (Å²) in [6.45, 7) is 1.90. The Kier molecular flexibility index (Phi) is 5.97. The van der Waals surface area contributed by atoms with Crippen LogP contribution in [0.15, 0.2) is 48.9 Å². The van der Waals surface area contributed by atoms with Gasteiger partial charge in [-0.3, -0.25) is 19.4 Å². The van der Waals surface area contributed by atoms with E-state index >= 15 is 0 Å². The van der Waals surface area contributed by atoms with E-state index in [1.165, 1.54) is 0 Å². The van der Waals surface area contributed by atoms with Gasteiger partial charge in [-0.2, -0.15) is 5.10 Å². The molecule has 1 saturated heterocycles. The number of hydrogen-bond donors (Lipinski definition) is 1. The monoisotopic (exact) mass is 396 g/mol. The molecule has 3 heterocycles. The van der Waals surface area contributed by atoms with Crippen molar-refractivity contribution in [1.29, 1.82) is 0 Å². The minimum atomic E-state index is -0.340. The molecule has 0 saturated carbocycles. The van der Waals surface area contributed by atoms with Crippen LogP contribution in [0, 0.1) is 5.92 Å². The molecular weight excluding hydrogens is 372 g/mol. The van der Waals surface area contributed by atoms with Gasteiger partial charge >= 0.3 is 0 Å². The minimum absolute atomic E-state index is 0.137. The molecule has 1 amide bonds. The molecule has 9 nitrogen and oxygen atoms in total. The van der Waals surface area contributed by atoms with E-state index in [0.717, 1.165) is 17.8 Å². The lowest BCUT2D eigenvalue weighted by molar-refractivity contribution is -0.121. The smallest absolute Gasteiger partial charge is 0.235 e. The third-order valence-electron chi connectivity index (χ3n) is 5.00. The van der Waals surface area contributed by atoms with Gasteiger partial charge in [-0.05, 0) is 31.0 Å². The zero-order valence-corrected chi connectivity index (χ0v) is 16.3. The number of ether oxygens (including phenoxy) is 2. The van der Waals surface area contributed by atoms with Crippen LogP contribution in [0.5, 0.6) is 0 Å². The average molecular weight is 396 g/mol. The lowest BCUT2D eigenvalue weighted by atomic mass is 9.98. The van der Waals surface area contributed by atoms with Gasteiger partial charge in [0.2, 0.25) is 11.9 Å². The molecule has 0 bridgehead atoms. The fourth-order valence-electron chi connectivity index (χ4n) is 3.58. The second-order valence-electron chi connectivity index (χ2n) is 6.86. The number of aryl methyl sites for hydroxylation is 1. The highest BCUT2D eigenvalue weighted by Crippen LogP contribution is 2.35. The van der Waals surface area contributed by atoms with Crippen LogP contribution in [0.2, 0.25) is 0 Å². The quantitative estimate of drug-likeness (QED) is 0.587. The molecule has 4 rings (SSSR count). The molecule has 0 aliphatic carbocycles. The number of rotatable bonds is 8. The van der Waals surface area contributed by atoms with E-state index in [-0.39, 0.29) is 17.9 Å². The summed E-state index contributed by atoms with van der Waals surface area (Å²) in [7, 11) is 1.68. The topological polar surface area (TPSA) is 96.1 Å². The van der Waals surface area contributed by atoms with E-state index in [1.807, 2.05) is 41.1 Å². The van der Waals surface area contributed by atoms with Gasteiger partial charge in [0.05, 0.1) is 17.3 Å². The second kappa shape index (κ2) is 8.97. The Morgan fingerprint density at radius 2 is 2.17 bits per heavy atom. The first-order valence-electron chi connectivity index (χ1n) is 9.66. The molecular formula is C20H24N6O3. The summed E-state index contributed by atoms with van der Waals surface area (Å²) in [5, 5.41) is 15.3. The van der Waals surface area contributed by atoms with E-state index in [1.54, 1.807) is 24.2 Å². The Bertz CT molecular complexity index is 939. The number of para-hydroxylation sites is 1. The standard InChI is InChI=1S/C20H24N6O3/c1-28-12-5-11-26-17(8-10-22-26)18-16(9-13-29-18)19(27)23-20-24-21-14-25(20)15-6-3-2-4-7-15/h2-4,6-8,10,14,16,18H,5,9,11-13H2,1H3,(H,23,24,27)/t16-,18-/m0/s1. The Labute approximate surface area is 168 Å². The van der Waals surface area contributed by atoms with Crippen molar-refractivity contribution in [2.45, 2.75) is 25.5 Å². The van der Waals surface area contributed by atoms with E-state index in [0.29, 0.717) is 32.1 Å². The summed E-state index contributed by atoms with van der Waals surface area (Å²) in [4.78, 5) is 13.1. The highest BCUT2D eigenvalue weighted by Gasteiger charge is 2.37. The summed E-state index contributed by atoms with van der Waals surface area (Å²) in [5.41, 5.74) is 1.78. The minimum Gasteiger partial charge on any atom is -0.385 e. The molecule has 1 N–H and O–H groups in total. The number of carbonyl (C=O) groups excluding carboxylic acids is 1. The molecule has 1 aromatic carbocycles. The molecule has 0 unspecified atom stereocenters. The maximum absolute atomic E-state index is 13.1. The third-order valence-corrected chi connectivity index (χ3v) is 5.00. The van der Waals surface area contributed by atoms with Gasteiger partial charge in [-0.1, -0.05) is 18.2 Å². The van der Waals surface area contributed by atoms with Crippen molar-refractivity contribution in [3.8, 4) is 5.69 Å². The molecule has 1 fully saturated rings. The maximum atomic E-state index is 13.1. The van der Waals surface area contributed by atoms with Crippen LogP contribution < -0.4 is 5.32 Å². The first-order valence-corrected chi connectivity index (χ1v) is 9.66. The largest absolute Gasteiger partial charge is 0.385 e. The highest BCUT2D eigenvalue weighted by atomic mass is 16.5. The molecule has 29 heavy (non-hydrogen) atoms. The van der Waals surface area contributed by atoms with E-state index in [2.05, 4.69) is 20.6 Å². The molecule has 2 aromatic heterocycles. The Balaban J connectivity index is 1.49.